The van der Waals surface area contributed by atoms with Crippen LogP contribution in [-0.4, -0.2) is 21.5 Å². The number of thiocarbonyl (C=S) groups is 1. The van der Waals surface area contributed by atoms with Gasteiger partial charge in [-0.1, -0.05) is 23.8 Å². The Morgan fingerprint density at radius 2 is 1.55 bits per heavy atom. The molecule has 2 unspecified atom stereocenters. The van der Waals surface area contributed by atoms with E-state index in [1.165, 1.54) is 5.56 Å². The van der Waals surface area contributed by atoms with Crippen LogP contribution in [0.25, 0.3) is 5.69 Å². The molecule has 2 aliphatic rings. The zero-order valence-electron chi connectivity index (χ0n) is 23.6. The molecule has 7 rings (SSSR count). The molecule has 1 fully saturated rings. The van der Waals surface area contributed by atoms with Crippen molar-refractivity contribution in [2.24, 2.45) is 0 Å². The summed E-state index contributed by atoms with van der Waals surface area (Å²) in [6.07, 6.45) is 1.83. The fraction of sp³-hybridized carbons (Fsp3) is 0.176. The van der Waals surface area contributed by atoms with Crippen LogP contribution in [-0.2, 0) is 0 Å². The van der Waals surface area contributed by atoms with E-state index >= 15 is 0 Å². The molecule has 0 radical (unpaired) electrons. The normalized spacial score (nSPS) is 17.4. The van der Waals surface area contributed by atoms with Crippen LogP contribution in [0.3, 0.4) is 0 Å². The molecular weight excluding hydrogens is 544 g/mol. The summed E-state index contributed by atoms with van der Waals surface area (Å²) < 4.78 is 19.6. The number of hydrogen-bond donors (Lipinski definition) is 1. The third-order valence-electron chi connectivity index (χ3n) is 7.87. The number of benzene rings is 3. The first-order valence-electron chi connectivity index (χ1n) is 13.9. The second kappa shape index (κ2) is 10.5. The third-order valence-corrected chi connectivity index (χ3v) is 8.19. The Balaban J connectivity index is 1.28. The zero-order chi connectivity index (χ0) is 28.8. The van der Waals surface area contributed by atoms with Crippen molar-refractivity contribution >= 4 is 23.0 Å². The number of nitrogens with one attached hydrogen (secondary N) is 1. The molecule has 0 aliphatic carbocycles. The summed E-state index contributed by atoms with van der Waals surface area (Å²) in [6.45, 7) is 6.58. The molecular formula is C34H30N4O3S. The lowest BCUT2D eigenvalue weighted by molar-refractivity contribution is 0.174. The highest BCUT2D eigenvalue weighted by Crippen LogP contribution is 2.44. The number of rotatable bonds is 6. The Morgan fingerprint density at radius 3 is 2.29 bits per heavy atom. The van der Waals surface area contributed by atoms with Crippen molar-refractivity contribution in [1.82, 2.24) is 14.9 Å². The molecule has 3 aromatic carbocycles. The van der Waals surface area contributed by atoms with Crippen LogP contribution in [0, 0.1) is 20.8 Å². The molecule has 2 aromatic heterocycles. The molecule has 0 saturated carbocycles. The standard InChI is InChI=1S/C34H30N4O3S/c1-21-7-12-26(13-8-21)41-27-14-9-24(10-15-27)38-33(32(36-34(38)42)29-6-4-5-17-35-29)28-18-22(2)37(23(28)3)25-11-16-30-31(19-25)40-20-39-30/h4-19,32-33H,20H2,1-3H3,(H,36,42). The highest BCUT2D eigenvalue weighted by molar-refractivity contribution is 7.80. The van der Waals surface area contributed by atoms with Crippen molar-refractivity contribution in [3.8, 4) is 28.7 Å². The quantitative estimate of drug-likeness (QED) is 0.211. The number of nitrogens with zero attached hydrogens (tertiary/aromatic N) is 3. The largest absolute Gasteiger partial charge is 0.457 e. The number of hydrogen-bond acceptors (Lipinski definition) is 5. The minimum atomic E-state index is -0.145. The van der Waals surface area contributed by atoms with Gasteiger partial charge < -0.3 is 29.0 Å². The lowest BCUT2D eigenvalue weighted by Crippen LogP contribution is -2.29. The minimum Gasteiger partial charge on any atom is -0.457 e. The summed E-state index contributed by atoms with van der Waals surface area (Å²) in [5.41, 5.74) is 7.51. The molecule has 2 atom stereocenters. The van der Waals surface area contributed by atoms with Crippen LogP contribution in [0.5, 0.6) is 23.0 Å². The number of aryl methyl sites for hydroxylation is 2. The van der Waals surface area contributed by atoms with Gasteiger partial charge in [0.25, 0.3) is 0 Å². The number of anilines is 1. The van der Waals surface area contributed by atoms with Crippen molar-refractivity contribution in [2.75, 3.05) is 11.7 Å². The third kappa shape index (κ3) is 4.63. The smallest absolute Gasteiger partial charge is 0.231 e. The highest BCUT2D eigenvalue weighted by atomic mass is 32.1. The molecule has 0 spiro atoms. The number of aromatic nitrogens is 2. The molecule has 0 amide bonds. The van der Waals surface area contributed by atoms with Gasteiger partial charge in [-0.2, -0.15) is 0 Å². The lowest BCUT2D eigenvalue weighted by Gasteiger charge is -2.28. The van der Waals surface area contributed by atoms with Crippen LogP contribution in [0.1, 0.15) is 40.3 Å². The second-order valence-corrected chi connectivity index (χ2v) is 11.0. The summed E-state index contributed by atoms with van der Waals surface area (Å²) >= 11 is 5.98. The van der Waals surface area contributed by atoms with E-state index in [1.54, 1.807) is 0 Å². The summed E-state index contributed by atoms with van der Waals surface area (Å²) in [5, 5.41) is 4.22. The van der Waals surface area contributed by atoms with Gasteiger partial charge in [-0.25, -0.2) is 0 Å². The maximum absolute atomic E-state index is 6.10. The summed E-state index contributed by atoms with van der Waals surface area (Å²) in [7, 11) is 0. The van der Waals surface area contributed by atoms with Gasteiger partial charge in [-0.15, -0.1) is 0 Å². The molecule has 8 heteroatoms. The molecule has 210 valence electrons. The number of fused-ring (bicyclic) bond motifs is 1. The van der Waals surface area contributed by atoms with Crippen molar-refractivity contribution < 1.29 is 14.2 Å². The zero-order valence-corrected chi connectivity index (χ0v) is 24.4. The summed E-state index contributed by atoms with van der Waals surface area (Å²) in [5.74, 6) is 3.09. The number of pyridine rings is 1. The molecule has 42 heavy (non-hydrogen) atoms. The van der Waals surface area contributed by atoms with Gasteiger partial charge in [0.05, 0.1) is 17.8 Å². The molecule has 4 heterocycles. The van der Waals surface area contributed by atoms with E-state index in [1.807, 2.05) is 72.9 Å². The Bertz CT molecular complexity index is 1770. The first-order chi connectivity index (χ1) is 20.5. The van der Waals surface area contributed by atoms with E-state index in [-0.39, 0.29) is 18.9 Å². The highest BCUT2D eigenvalue weighted by Gasteiger charge is 2.42. The van der Waals surface area contributed by atoms with E-state index in [9.17, 15) is 0 Å². The van der Waals surface area contributed by atoms with Gasteiger partial charge >= 0.3 is 0 Å². The van der Waals surface area contributed by atoms with Crippen molar-refractivity contribution in [3.05, 3.63) is 125 Å². The molecule has 2 aliphatic heterocycles. The van der Waals surface area contributed by atoms with Gasteiger partial charge in [-0.3, -0.25) is 4.98 Å². The fourth-order valence-electron chi connectivity index (χ4n) is 5.87. The maximum Gasteiger partial charge on any atom is 0.231 e. The predicted octanol–water partition coefficient (Wildman–Crippen LogP) is 7.50. The predicted molar refractivity (Wildman–Crippen MR) is 167 cm³/mol. The number of ether oxygens (including phenoxy) is 3. The summed E-state index contributed by atoms with van der Waals surface area (Å²) in [4.78, 5) is 6.91. The van der Waals surface area contributed by atoms with Gasteiger partial charge in [0.1, 0.15) is 11.5 Å². The van der Waals surface area contributed by atoms with Crippen LogP contribution in [0.2, 0.25) is 0 Å². The molecule has 7 nitrogen and oxygen atoms in total. The van der Waals surface area contributed by atoms with E-state index in [2.05, 4.69) is 59.8 Å². The van der Waals surface area contributed by atoms with Crippen LogP contribution >= 0.6 is 12.2 Å². The topological polar surface area (TPSA) is 60.8 Å². The van der Waals surface area contributed by atoms with Gasteiger partial charge in [0, 0.05) is 35.0 Å². The van der Waals surface area contributed by atoms with Crippen molar-refractivity contribution in [3.63, 3.8) is 0 Å². The van der Waals surface area contributed by atoms with Crippen molar-refractivity contribution in [1.29, 1.82) is 0 Å². The maximum atomic E-state index is 6.10. The van der Waals surface area contributed by atoms with Gasteiger partial charge in [0.15, 0.2) is 16.6 Å². The van der Waals surface area contributed by atoms with Gasteiger partial charge in [-0.05, 0) is 105 Å². The minimum absolute atomic E-state index is 0.134. The lowest BCUT2D eigenvalue weighted by atomic mass is 9.96. The summed E-state index contributed by atoms with van der Waals surface area (Å²) in [6, 6.07) is 30.2. The Hall–Kier alpha value is -4.82. The first kappa shape index (κ1) is 26.1. The molecule has 5 aromatic rings. The van der Waals surface area contributed by atoms with E-state index < -0.39 is 0 Å². The van der Waals surface area contributed by atoms with Gasteiger partial charge in [0.2, 0.25) is 6.79 Å². The van der Waals surface area contributed by atoms with Crippen LogP contribution in [0.15, 0.2) is 97.2 Å². The molecule has 1 N–H and O–H groups in total. The fourth-order valence-corrected chi connectivity index (χ4v) is 6.22. The second-order valence-electron chi connectivity index (χ2n) is 10.6. The van der Waals surface area contributed by atoms with E-state index in [0.29, 0.717) is 5.11 Å². The molecule has 0 bridgehead atoms. The monoisotopic (exact) mass is 574 g/mol. The Kier molecular flexibility index (Phi) is 6.55. The van der Waals surface area contributed by atoms with Crippen LogP contribution < -0.4 is 24.4 Å². The Morgan fingerprint density at radius 1 is 0.833 bits per heavy atom. The first-order valence-corrected chi connectivity index (χ1v) is 14.3. The SMILES string of the molecule is Cc1ccc(Oc2ccc(N3C(=S)NC(c4ccccn4)C3c3cc(C)n(-c4ccc5c(c4)OCO5)c3C)cc2)cc1. The Labute approximate surface area is 250 Å². The van der Waals surface area contributed by atoms with E-state index in [4.69, 9.17) is 31.4 Å². The van der Waals surface area contributed by atoms with E-state index in [0.717, 1.165) is 57.0 Å². The molecule has 1 saturated heterocycles. The average Bonchev–Trinajstić information content (AvgIpc) is 3.69. The van der Waals surface area contributed by atoms with Crippen LogP contribution in [0.4, 0.5) is 5.69 Å². The average molecular weight is 575 g/mol. The van der Waals surface area contributed by atoms with Crippen molar-refractivity contribution in [2.45, 2.75) is 32.9 Å².